The van der Waals surface area contributed by atoms with Crippen LogP contribution in [0.4, 0.5) is 0 Å². The molecule has 1 aromatic heterocycles. The van der Waals surface area contributed by atoms with Gasteiger partial charge in [0.2, 0.25) is 0 Å². The quantitative estimate of drug-likeness (QED) is 0.899. The molecule has 18 heavy (non-hydrogen) atoms. The fraction of sp³-hybridized carbons (Fsp3) is 0.286. The Morgan fingerprint density at radius 2 is 2.00 bits per heavy atom. The first-order chi connectivity index (χ1) is 8.58. The molecule has 0 bridgehead atoms. The second-order valence-electron chi connectivity index (χ2n) is 4.58. The van der Waals surface area contributed by atoms with Crippen LogP contribution in [0.3, 0.4) is 0 Å². The maximum absolute atomic E-state index is 10.7. The third-order valence-electron chi connectivity index (χ3n) is 2.89. The number of rotatable bonds is 4. The lowest BCUT2D eigenvalue weighted by atomic mass is 10.0. The molecule has 1 N–H and O–H groups in total. The molecule has 0 aliphatic rings. The van der Waals surface area contributed by atoms with E-state index in [1.165, 1.54) is 5.56 Å². The topological polar surface area (TPSA) is 55.1 Å². The molecule has 2 aromatic rings. The van der Waals surface area contributed by atoms with E-state index in [4.69, 9.17) is 5.11 Å². The van der Waals surface area contributed by atoms with Gasteiger partial charge in [-0.25, -0.2) is 4.98 Å². The zero-order valence-corrected chi connectivity index (χ0v) is 10.5. The minimum atomic E-state index is -0.868. The smallest absolute Gasteiger partial charge is 0.323 e. The van der Waals surface area contributed by atoms with E-state index in [1.54, 1.807) is 17.1 Å². The minimum absolute atomic E-state index is 0.0682. The van der Waals surface area contributed by atoms with Crippen molar-refractivity contribution in [1.82, 2.24) is 9.55 Å². The van der Waals surface area contributed by atoms with Crippen molar-refractivity contribution in [3.8, 4) is 11.3 Å². The lowest BCUT2D eigenvalue weighted by Gasteiger charge is -2.08. The number of benzene rings is 1. The number of carboxylic acids is 1. The fourth-order valence-electron chi connectivity index (χ4n) is 1.87. The fourth-order valence-corrected chi connectivity index (χ4v) is 1.87. The number of carboxylic acid groups (broad SMARTS) is 1. The van der Waals surface area contributed by atoms with Crippen LogP contribution in [0.5, 0.6) is 0 Å². The highest BCUT2D eigenvalue weighted by Crippen LogP contribution is 2.22. The third-order valence-corrected chi connectivity index (χ3v) is 2.89. The van der Waals surface area contributed by atoms with Crippen molar-refractivity contribution in [2.45, 2.75) is 26.3 Å². The van der Waals surface area contributed by atoms with Gasteiger partial charge in [0.25, 0.3) is 0 Å². The van der Waals surface area contributed by atoms with Crippen LogP contribution in [0.25, 0.3) is 11.3 Å². The van der Waals surface area contributed by atoms with Crippen LogP contribution >= 0.6 is 0 Å². The van der Waals surface area contributed by atoms with Crippen LogP contribution in [0.2, 0.25) is 0 Å². The zero-order valence-electron chi connectivity index (χ0n) is 10.5. The van der Waals surface area contributed by atoms with Crippen LogP contribution in [-0.2, 0) is 11.3 Å². The molecule has 0 saturated carbocycles. The second kappa shape index (κ2) is 5.04. The SMILES string of the molecule is CC(C)c1ccc(-c2cncn2CC(=O)O)cc1. The van der Waals surface area contributed by atoms with Crippen molar-refractivity contribution in [2.75, 3.05) is 0 Å². The molecule has 0 saturated heterocycles. The van der Waals surface area contributed by atoms with Gasteiger partial charge < -0.3 is 9.67 Å². The van der Waals surface area contributed by atoms with Crippen LogP contribution in [0.1, 0.15) is 25.3 Å². The summed E-state index contributed by atoms with van der Waals surface area (Å²) in [6, 6.07) is 8.14. The Labute approximate surface area is 106 Å². The van der Waals surface area contributed by atoms with Crippen molar-refractivity contribution >= 4 is 5.97 Å². The molecule has 0 unspecified atom stereocenters. The highest BCUT2D eigenvalue weighted by Gasteiger charge is 2.08. The van der Waals surface area contributed by atoms with Crippen LogP contribution < -0.4 is 0 Å². The summed E-state index contributed by atoms with van der Waals surface area (Å²) in [4.78, 5) is 14.8. The van der Waals surface area contributed by atoms with Gasteiger partial charge in [0.15, 0.2) is 0 Å². The van der Waals surface area contributed by atoms with Gasteiger partial charge in [0.05, 0.1) is 18.2 Å². The Morgan fingerprint density at radius 1 is 1.33 bits per heavy atom. The van der Waals surface area contributed by atoms with Gasteiger partial charge in [-0.1, -0.05) is 38.1 Å². The molecule has 1 heterocycles. The van der Waals surface area contributed by atoms with Crippen LogP contribution in [-0.4, -0.2) is 20.6 Å². The van der Waals surface area contributed by atoms with E-state index < -0.39 is 5.97 Å². The first-order valence-corrected chi connectivity index (χ1v) is 5.90. The van der Waals surface area contributed by atoms with Gasteiger partial charge >= 0.3 is 5.97 Å². The Bertz CT molecular complexity index is 541. The maximum atomic E-state index is 10.7. The highest BCUT2D eigenvalue weighted by atomic mass is 16.4. The lowest BCUT2D eigenvalue weighted by molar-refractivity contribution is -0.137. The van der Waals surface area contributed by atoms with E-state index >= 15 is 0 Å². The average Bonchev–Trinajstić information content (AvgIpc) is 2.76. The van der Waals surface area contributed by atoms with Crippen molar-refractivity contribution < 1.29 is 9.90 Å². The second-order valence-corrected chi connectivity index (χ2v) is 4.58. The molecule has 1 aromatic carbocycles. The molecule has 0 amide bonds. The molecule has 0 radical (unpaired) electrons. The number of aliphatic carboxylic acids is 1. The predicted octanol–water partition coefficient (Wildman–Crippen LogP) is 2.76. The predicted molar refractivity (Wildman–Crippen MR) is 69.4 cm³/mol. The van der Waals surface area contributed by atoms with Crippen molar-refractivity contribution in [3.63, 3.8) is 0 Å². The van der Waals surface area contributed by atoms with E-state index in [0.717, 1.165) is 11.3 Å². The molecule has 2 rings (SSSR count). The standard InChI is InChI=1S/C14H16N2O2/c1-10(2)11-3-5-12(6-4-11)13-7-15-9-16(13)8-14(17)18/h3-7,9-10H,8H2,1-2H3,(H,17,18). The molecular weight excluding hydrogens is 228 g/mol. The van der Waals surface area contributed by atoms with E-state index in [0.29, 0.717) is 5.92 Å². The van der Waals surface area contributed by atoms with Crippen LogP contribution in [0, 0.1) is 0 Å². The number of imidazole rings is 1. The van der Waals surface area contributed by atoms with Crippen molar-refractivity contribution in [1.29, 1.82) is 0 Å². The monoisotopic (exact) mass is 244 g/mol. The summed E-state index contributed by atoms with van der Waals surface area (Å²) >= 11 is 0. The highest BCUT2D eigenvalue weighted by molar-refractivity contribution is 5.68. The van der Waals surface area contributed by atoms with Gasteiger partial charge in [-0.3, -0.25) is 4.79 Å². The van der Waals surface area contributed by atoms with E-state index in [9.17, 15) is 4.79 Å². The molecule has 0 aliphatic heterocycles. The Balaban J connectivity index is 2.31. The molecule has 0 atom stereocenters. The summed E-state index contributed by atoms with van der Waals surface area (Å²) in [7, 11) is 0. The van der Waals surface area contributed by atoms with Gasteiger partial charge in [0.1, 0.15) is 6.54 Å². The van der Waals surface area contributed by atoms with Gasteiger partial charge in [0, 0.05) is 0 Å². The molecule has 4 nitrogen and oxygen atoms in total. The number of hydrogen-bond donors (Lipinski definition) is 1. The van der Waals surface area contributed by atoms with Crippen molar-refractivity contribution in [3.05, 3.63) is 42.4 Å². The molecule has 0 fully saturated rings. The zero-order chi connectivity index (χ0) is 13.1. The maximum Gasteiger partial charge on any atom is 0.323 e. The number of nitrogens with zero attached hydrogens (tertiary/aromatic N) is 2. The lowest BCUT2D eigenvalue weighted by Crippen LogP contribution is -2.08. The molecule has 4 heteroatoms. The Kier molecular flexibility index (Phi) is 3.46. The summed E-state index contributed by atoms with van der Waals surface area (Å²) in [5.41, 5.74) is 3.08. The summed E-state index contributed by atoms with van der Waals surface area (Å²) < 4.78 is 1.63. The Morgan fingerprint density at radius 3 is 2.56 bits per heavy atom. The van der Waals surface area contributed by atoms with Gasteiger partial charge in [-0.15, -0.1) is 0 Å². The molecule has 0 aliphatic carbocycles. The van der Waals surface area contributed by atoms with Crippen molar-refractivity contribution in [2.24, 2.45) is 0 Å². The molecule has 94 valence electrons. The van der Waals surface area contributed by atoms with E-state index in [2.05, 4.69) is 31.0 Å². The molecular formula is C14H16N2O2. The summed E-state index contributed by atoms with van der Waals surface area (Å²) in [6.45, 7) is 4.22. The van der Waals surface area contributed by atoms with E-state index in [-0.39, 0.29) is 6.54 Å². The minimum Gasteiger partial charge on any atom is -0.480 e. The first-order valence-electron chi connectivity index (χ1n) is 5.90. The largest absolute Gasteiger partial charge is 0.480 e. The molecule has 0 spiro atoms. The number of hydrogen-bond acceptors (Lipinski definition) is 2. The van der Waals surface area contributed by atoms with Gasteiger partial charge in [-0.05, 0) is 17.0 Å². The first kappa shape index (κ1) is 12.4. The van der Waals surface area contributed by atoms with Gasteiger partial charge in [-0.2, -0.15) is 0 Å². The van der Waals surface area contributed by atoms with Crippen LogP contribution in [0.15, 0.2) is 36.8 Å². The van der Waals surface area contributed by atoms with E-state index in [1.807, 2.05) is 12.1 Å². The summed E-state index contributed by atoms with van der Waals surface area (Å²) in [5.74, 6) is -0.379. The number of aromatic nitrogens is 2. The third kappa shape index (κ3) is 2.59. The summed E-state index contributed by atoms with van der Waals surface area (Å²) in [6.07, 6.45) is 3.23. The normalized spacial score (nSPS) is 10.8. The Hall–Kier alpha value is -2.10. The number of carbonyl (C=O) groups is 1. The average molecular weight is 244 g/mol. The summed E-state index contributed by atoms with van der Waals surface area (Å²) in [5, 5.41) is 8.82.